The van der Waals surface area contributed by atoms with E-state index < -0.39 is 0 Å². The summed E-state index contributed by atoms with van der Waals surface area (Å²) in [5.74, 6) is 0. The Hall–Kier alpha value is -0.870. The van der Waals surface area contributed by atoms with Crippen molar-refractivity contribution < 1.29 is 4.74 Å². The topological polar surface area (TPSA) is 39.1 Å². The summed E-state index contributed by atoms with van der Waals surface area (Å²) in [4.78, 5) is 0. The van der Waals surface area contributed by atoms with E-state index in [0.29, 0.717) is 0 Å². The third-order valence-electron chi connectivity index (χ3n) is 2.84. The molecule has 2 rings (SSSR count). The lowest BCUT2D eigenvalue weighted by molar-refractivity contribution is 0.171. The second-order valence-electron chi connectivity index (χ2n) is 4.16. The minimum atomic E-state index is 0.143. The average Bonchev–Trinajstić information content (AvgIpc) is 2.73. The summed E-state index contributed by atoms with van der Waals surface area (Å²) in [6.07, 6.45) is 2.91. The van der Waals surface area contributed by atoms with Gasteiger partial charge in [-0.2, -0.15) is 5.10 Å². The van der Waals surface area contributed by atoms with Crippen molar-refractivity contribution in [2.45, 2.75) is 25.4 Å². The summed E-state index contributed by atoms with van der Waals surface area (Å²) in [6, 6.07) is 2.03. The SMILES string of the molecule is Cn1nccc1CNC1(C)CCOC1. The van der Waals surface area contributed by atoms with E-state index in [0.717, 1.165) is 26.2 Å². The Morgan fingerprint density at radius 3 is 3.14 bits per heavy atom. The molecule has 1 aliphatic heterocycles. The number of nitrogens with zero attached hydrogens (tertiary/aromatic N) is 2. The van der Waals surface area contributed by atoms with Crippen molar-refractivity contribution in [3.05, 3.63) is 18.0 Å². The first-order valence-electron chi connectivity index (χ1n) is 4.99. The standard InChI is InChI=1S/C10H17N3O/c1-10(4-6-14-8-10)11-7-9-3-5-12-13(9)2/h3,5,11H,4,6-8H2,1-2H3. The second-order valence-corrected chi connectivity index (χ2v) is 4.16. The second kappa shape index (κ2) is 3.71. The van der Waals surface area contributed by atoms with E-state index in [1.54, 1.807) is 0 Å². The van der Waals surface area contributed by atoms with E-state index >= 15 is 0 Å². The summed E-state index contributed by atoms with van der Waals surface area (Å²) < 4.78 is 7.27. The van der Waals surface area contributed by atoms with E-state index in [9.17, 15) is 0 Å². The summed E-state index contributed by atoms with van der Waals surface area (Å²) in [6.45, 7) is 4.74. The maximum atomic E-state index is 5.38. The number of aryl methyl sites for hydroxylation is 1. The highest BCUT2D eigenvalue weighted by atomic mass is 16.5. The average molecular weight is 195 g/mol. The zero-order valence-corrected chi connectivity index (χ0v) is 8.79. The van der Waals surface area contributed by atoms with E-state index in [-0.39, 0.29) is 5.54 Å². The van der Waals surface area contributed by atoms with Crippen LogP contribution in [0.3, 0.4) is 0 Å². The van der Waals surface area contributed by atoms with Crippen LogP contribution in [0.2, 0.25) is 0 Å². The van der Waals surface area contributed by atoms with Gasteiger partial charge in [-0.3, -0.25) is 4.68 Å². The minimum Gasteiger partial charge on any atom is -0.379 e. The maximum Gasteiger partial charge on any atom is 0.0646 e. The number of aromatic nitrogens is 2. The van der Waals surface area contributed by atoms with Crippen molar-refractivity contribution >= 4 is 0 Å². The first-order valence-corrected chi connectivity index (χ1v) is 4.99. The predicted molar refractivity (Wildman–Crippen MR) is 53.9 cm³/mol. The highest BCUT2D eigenvalue weighted by Crippen LogP contribution is 2.17. The lowest BCUT2D eigenvalue weighted by Gasteiger charge is -2.23. The van der Waals surface area contributed by atoms with Crippen molar-refractivity contribution in [1.82, 2.24) is 15.1 Å². The lowest BCUT2D eigenvalue weighted by Crippen LogP contribution is -2.42. The number of rotatable bonds is 3. The Kier molecular flexibility index (Phi) is 2.56. The Labute approximate surface area is 84.3 Å². The van der Waals surface area contributed by atoms with Crippen LogP contribution in [-0.2, 0) is 18.3 Å². The Morgan fingerprint density at radius 1 is 1.71 bits per heavy atom. The summed E-state index contributed by atoms with van der Waals surface area (Å²) in [7, 11) is 1.96. The molecule has 0 bridgehead atoms. The fourth-order valence-electron chi connectivity index (χ4n) is 1.69. The maximum absolute atomic E-state index is 5.38. The van der Waals surface area contributed by atoms with Crippen molar-refractivity contribution in [2.24, 2.45) is 7.05 Å². The van der Waals surface area contributed by atoms with Crippen LogP contribution in [0.5, 0.6) is 0 Å². The zero-order valence-electron chi connectivity index (χ0n) is 8.79. The zero-order chi connectivity index (χ0) is 10.0. The van der Waals surface area contributed by atoms with Gasteiger partial charge in [-0.05, 0) is 19.4 Å². The van der Waals surface area contributed by atoms with Crippen molar-refractivity contribution in [1.29, 1.82) is 0 Å². The number of ether oxygens (including phenoxy) is 1. The Balaban J connectivity index is 1.91. The normalized spacial score (nSPS) is 27.0. The molecule has 1 aromatic heterocycles. The monoisotopic (exact) mass is 195 g/mol. The van der Waals surface area contributed by atoms with Crippen LogP contribution in [0.25, 0.3) is 0 Å². The molecule has 78 valence electrons. The van der Waals surface area contributed by atoms with E-state index in [1.165, 1.54) is 5.69 Å². The van der Waals surface area contributed by atoms with Gasteiger partial charge in [0.05, 0.1) is 12.3 Å². The molecular formula is C10H17N3O. The highest BCUT2D eigenvalue weighted by Gasteiger charge is 2.28. The largest absolute Gasteiger partial charge is 0.379 e. The summed E-state index contributed by atoms with van der Waals surface area (Å²) in [5, 5.41) is 7.65. The van der Waals surface area contributed by atoms with Crippen LogP contribution in [0.15, 0.2) is 12.3 Å². The Bertz CT molecular complexity index is 302. The molecule has 14 heavy (non-hydrogen) atoms. The van der Waals surface area contributed by atoms with Crippen LogP contribution in [0.4, 0.5) is 0 Å². The third kappa shape index (κ3) is 1.96. The molecule has 0 amide bonds. The molecule has 1 unspecified atom stereocenters. The lowest BCUT2D eigenvalue weighted by atomic mass is 10.0. The molecular weight excluding hydrogens is 178 g/mol. The highest BCUT2D eigenvalue weighted by molar-refractivity contribution is 5.01. The van der Waals surface area contributed by atoms with Crippen LogP contribution >= 0.6 is 0 Å². The first kappa shape index (κ1) is 9.68. The Morgan fingerprint density at radius 2 is 2.57 bits per heavy atom. The van der Waals surface area contributed by atoms with Gasteiger partial charge in [-0.1, -0.05) is 0 Å². The molecule has 2 heterocycles. The fraction of sp³-hybridized carbons (Fsp3) is 0.700. The molecule has 0 aliphatic carbocycles. The summed E-state index contributed by atoms with van der Waals surface area (Å²) >= 11 is 0. The van der Waals surface area contributed by atoms with Crippen LogP contribution in [-0.4, -0.2) is 28.5 Å². The number of hydrogen-bond acceptors (Lipinski definition) is 3. The van der Waals surface area contributed by atoms with Crippen molar-refractivity contribution in [3.63, 3.8) is 0 Å². The molecule has 1 aliphatic rings. The molecule has 1 saturated heterocycles. The molecule has 4 heteroatoms. The minimum absolute atomic E-state index is 0.143. The van der Waals surface area contributed by atoms with Crippen molar-refractivity contribution in [2.75, 3.05) is 13.2 Å². The van der Waals surface area contributed by atoms with E-state index in [2.05, 4.69) is 17.3 Å². The molecule has 1 N–H and O–H groups in total. The van der Waals surface area contributed by atoms with Crippen molar-refractivity contribution in [3.8, 4) is 0 Å². The summed E-state index contributed by atoms with van der Waals surface area (Å²) in [5.41, 5.74) is 1.35. The molecule has 0 radical (unpaired) electrons. The van der Waals surface area contributed by atoms with Gasteiger partial charge in [0.15, 0.2) is 0 Å². The van der Waals surface area contributed by atoms with Gasteiger partial charge in [0.1, 0.15) is 0 Å². The molecule has 1 aromatic rings. The van der Waals surface area contributed by atoms with Gasteiger partial charge in [0, 0.05) is 31.9 Å². The van der Waals surface area contributed by atoms with Gasteiger partial charge >= 0.3 is 0 Å². The van der Waals surface area contributed by atoms with E-state index in [1.807, 2.05) is 24.0 Å². The molecule has 4 nitrogen and oxygen atoms in total. The first-order chi connectivity index (χ1) is 6.70. The third-order valence-corrected chi connectivity index (χ3v) is 2.84. The van der Waals surface area contributed by atoms with E-state index in [4.69, 9.17) is 4.74 Å². The molecule has 0 aromatic carbocycles. The smallest absolute Gasteiger partial charge is 0.0646 e. The van der Waals surface area contributed by atoms with Crippen LogP contribution in [0.1, 0.15) is 19.0 Å². The molecule has 1 atom stereocenters. The molecule has 0 saturated carbocycles. The molecule has 0 spiro atoms. The van der Waals surface area contributed by atoms with Crippen LogP contribution < -0.4 is 5.32 Å². The fourth-order valence-corrected chi connectivity index (χ4v) is 1.69. The predicted octanol–water partition coefficient (Wildman–Crippen LogP) is 0.689. The molecule has 1 fully saturated rings. The van der Waals surface area contributed by atoms with Gasteiger partial charge in [-0.25, -0.2) is 0 Å². The van der Waals surface area contributed by atoms with Gasteiger partial charge in [-0.15, -0.1) is 0 Å². The quantitative estimate of drug-likeness (QED) is 0.771. The van der Waals surface area contributed by atoms with Gasteiger partial charge in [0.2, 0.25) is 0 Å². The number of nitrogens with one attached hydrogen (secondary N) is 1. The van der Waals surface area contributed by atoms with Crippen LogP contribution in [0, 0.1) is 0 Å². The van der Waals surface area contributed by atoms with Gasteiger partial charge < -0.3 is 10.1 Å². The van der Waals surface area contributed by atoms with Gasteiger partial charge in [0.25, 0.3) is 0 Å². The number of hydrogen-bond donors (Lipinski definition) is 1.